The second-order valence-electron chi connectivity index (χ2n) is 39.4. The van der Waals surface area contributed by atoms with Gasteiger partial charge in [-0.3, -0.25) is 24.0 Å². The van der Waals surface area contributed by atoms with Crippen LogP contribution in [0, 0.1) is 72.5 Å². The van der Waals surface area contributed by atoms with Crippen LogP contribution in [0.2, 0.25) is 5.02 Å². The van der Waals surface area contributed by atoms with Crippen molar-refractivity contribution in [3.05, 3.63) is 310 Å². The molecule has 10 aromatic heterocycles. The third-order valence-electron chi connectivity index (χ3n) is 26.5. The molecule has 0 radical (unpaired) electrons. The average Bonchev–Trinajstić information content (AvgIpc) is 1.62. The van der Waals surface area contributed by atoms with Crippen LogP contribution in [0.5, 0.6) is 0 Å². The van der Waals surface area contributed by atoms with Crippen LogP contribution in [0.3, 0.4) is 0 Å². The number of fused-ring (bicyclic) bond motifs is 5. The maximum Gasteiger partial charge on any atom is 0.257 e. The number of carbonyl (C=O) groups excluding carboxylic acids is 5. The fourth-order valence-electron chi connectivity index (χ4n) is 18.6. The van der Waals surface area contributed by atoms with Crippen molar-refractivity contribution >= 4 is 97.0 Å². The Labute approximate surface area is 843 Å². The number of hydrogen-bond donors (Lipinski definition) is 0. The smallest absolute Gasteiger partial charge is 0.257 e. The van der Waals surface area contributed by atoms with E-state index >= 15 is 0 Å². The summed E-state index contributed by atoms with van der Waals surface area (Å²) in [6.45, 7) is 31.2. The van der Waals surface area contributed by atoms with Crippen molar-refractivity contribution in [1.82, 2.24) is 97.2 Å². The maximum atomic E-state index is 14.1. The zero-order valence-electron chi connectivity index (χ0n) is 84.1. The van der Waals surface area contributed by atoms with E-state index in [1.165, 1.54) is 54.4 Å². The predicted octanol–water partition coefficient (Wildman–Crippen LogP) is 24.1. The molecule has 0 saturated heterocycles. The molecule has 0 spiro atoms. The number of nitrogens with zero attached hydrogens (tertiary/aromatic N) is 20. The van der Waals surface area contributed by atoms with E-state index in [4.69, 9.17) is 26.6 Å². The molecule has 5 aromatic carbocycles. The Morgan fingerprint density at radius 2 is 0.764 bits per heavy atom. The lowest BCUT2D eigenvalue weighted by atomic mass is 10.1. The number of amides is 5. The quantitative estimate of drug-likeness (QED) is 0.0264. The van der Waals surface area contributed by atoms with Gasteiger partial charge in [-0.15, -0.1) is 6.58 Å². The standard InChI is InChI=1S/C24H29ClN4O.C24H29FN4O.C23H30N4O.C21H22F2N4O.C21H20F2N4O/c1-17(2)13-15-28(24(30)18-9-11-19(25)12-10-18)16-22-27-21-8-5-14-26-23(21)29(22)20-6-3-4-7-20;1-16(2)14-28(24(30)18-11-10-17(3)20(25)13-18)15-22-27-21-9-6-12-26-23(21)29(22)19-7-4-5-8-19;1-5-14-27-21(25-20-7-6-13-24-22(20)27)16-26(15-12-17(2)3)23(28)19-10-8-18(4)9-11-19;2*1-2-10-26(21(28)16-11-15(22)7-8-17(16)23)13-19-25-18-4-3-9-24-20(18)27(19)12-14-5-6-14/h5,8-12,14,17,20H,3-4,6-7,13,15-16H2,1-2H3;6,9-13,16,19H,4-5,7-8,14-15H2,1-3H3;6-11,13,17H,5,12,14-16H2,1-4H3;3-4,7-9,11,14H,2,5-6,10,12-13H2,1H3;2-4,7-9,11,14H,1,5-6,10,12-13H2. The van der Waals surface area contributed by atoms with Crippen molar-refractivity contribution in [2.75, 3.05) is 32.7 Å². The Morgan fingerprint density at radius 1 is 0.396 bits per heavy atom. The second-order valence-corrected chi connectivity index (χ2v) is 39.9. The molecule has 15 aromatic rings. The fraction of sp³-hybridized carbons (Fsp3) is 0.407. The molecule has 0 aliphatic heterocycles. The first kappa shape index (κ1) is 105. The third kappa shape index (κ3) is 26.6. The largest absolute Gasteiger partial charge is 0.331 e. The minimum Gasteiger partial charge on any atom is -0.331 e. The number of carbonyl (C=O) groups is 5. The zero-order valence-corrected chi connectivity index (χ0v) is 84.8. The van der Waals surface area contributed by atoms with Gasteiger partial charge in [0.25, 0.3) is 29.5 Å². The molecule has 31 heteroatoms. The molecule has 4 aliphatic carbocycles. The van der Waals surface area contributed by atoms with Crippen LogP contribution in [-0.4, -0.2) is 159 Å². The molecule has 4 fully saturated rings. The molecule has 0 unspecified atom stereocenters. The number of pyridine rings is 5. The van der Waals surface area contributed by atoms with Gasteiger partial charge in [0.1, 0.15) is 85.8 Å². The number of rotatable bonds is 35. The van der Waals surface area contributed by atoms with Gasteiger partial charge in [0.15, 0.2) is 28.2 Å². The predicted molar refractivity (Wildman–Crippen MR) is 553 cm³/mol. The summed E-state index contributed by atoms with van der Waals surface area (Å²) in [4.78, 5) is 121. The van der Waals surface area contributed by atoms with Gasteiger partial charge in [0.2, 0.25) is 0 Å². The molecular formula is C113H130ClF5N20O5. The van der Waals surface area contributed by atoms with Crippen LogP contribution in [0.1, 0.15) is 262 Å². The van der Waals surface area contributed by atoms with Crippen molar-refractivity contribution < 1.29 is 45.9 Å². The number of hydrogen-bond acceptors (Lipinski definition) is 15. The molecule has 754 valence electrons. The van der Waals surface area contributed by atoms with E-state index in [0.29, 0.717) is 116 Å². The van der Waals surface area contributed by atoms with Gasteiger partial charge in [-0.2, -0.15) is 0 Å². The van der Waals surface area contributed by atoms with E-state index in [0.717, 1.165) is 204 Å². The van der Waals surface area contributed by atoms with Crippen LogP contribution >= 0.6 is 11.6 Å². The van der Waals surface area contributed by atoms with E-state index in [2.05, 4.69) is 108 Å². The molecule has 4 saturated carbocycles. The molecule has 10 heterocycles. The SMILES string of the molecule is C=CCN(Cc1nc2cccnc2n1CC1CC1)C(=O)c1cc(F)ccc1F.CC(C)CCN(Cc1nc2cccnc2n1C1CCCC1)C(=O)c1ccc(Cl)cc1.CCCN(Cc1nc2cccnc2n1CC1CC1)C(=O)c1cc(F)ccc1F.CCCn1c(CN(CCC(C)C)C(=O)c2ccc(C)cc2)nc2cccnc21.Cc1ccc(C(=O)N(Cc2nc3cccnc3n2C2CCCC2)CC(C)C)cc1F. The van der Waals surface area contributed by atoms with Crippen LogP contribution in [-0.2, 0) is 52.4 Å². The van der Waals surface area contributed by atoms with E-state index in [1.54, 1.807) is 79.1 Å². The minimum atomic E-state index is -0.756. The highest BCUT2D eigenvalue weighted by molar-refractivity contribution is 6.30. The molecule has 19 rings (SSSR count). The van der Waals surface area contributed by atoms with Crippen molar-refractivity contribution in [1.29, 1.82) is 0 Å². The van der Waals surface area contributed by atoms with E-state index in [-0.39, 0.29) is 60.2 Å². The van der Waals surface area contributed by atoms with Gasteiger partial charge in [-0.25, -0.2) is 71.8 Å². The molecule has 144 heavy (non-hydrogen) atoms. The van der Waals surface area contributed by atoms with E-state index < -0.39 is 35.1 Å². The fourth-order valence-corrected chi connectivity index (χ4v) is 18.7. The first-order chi connectivity index (χ1) is 69.6. The third-order valence-corrected chi connectivity index (χ3v) is 26.8. The number of imidazole rings is 5. The maximum absolute atomic E-state index is 14.1. The molecule has 25 nitrogen and oxygen atoms in total. The number of aromatic nitrogens is 15. The molecule has 5 amide bonds. The monoisotopic (exact) mass is 1980 g/mol. The Bertz CT molecular complexity index is 6950. The summed E-state index contributed by atoms with van der Waals surface area (Å²) < 4.78 is 80.3. The summed E-state index contributed by atoms with van der Waals surface area (Å²) in [5.74, 6) is 2.27. The summed E-state index contributed by atoms with van der Waals surface area (Å²) in [7, 11) is 0. The van der Waals surface area contributed by atoms with Crippen molar-refractivity contribution in [3.8, 4) is 0 Å². The Kier molecular flexibility index (Phi) is 35.6. The highest BCUT2D eigenvalue weighted by Crippen LogP contribution is 2.39. The summed E-state index contributed by atoms with van der Waals surface area (Å²) in [6.07, 6.45) is 28.1. The minimum absolute atomic E-state index is 0.0188. The van der Waals surface area contributed by atoms with Crippen LogP contribution in [0.25, 0.3) is 55.8 Å². The first-order valence-corrected chi connectivity index (χ1v) is 51.1. The lowest BCUT2D eigenvalue weighted by Gasteiger charge is -2.26. The first-order valence-electron chi connectivity index (χ1n) is 50.7. The number of halogens is 6. The summed E-state index contributed by atoms with van der Waals surface area (Å²) >= 11 is 6.02. The second kappa shape index (κ2) is 49.0. The molecule has 0 N–H and O–H groups in total. The van der Waals surface area contributed by atoms with Crippen molar-refractivity contribution in [3.63, 3.8) is 0 Å². The average molecular weight is 1980 g/mol. The van der Waals surface area contributed by atoms with Gasteiger partial charge in [0.05, 0.1) is 43.9 Å². The Balaban J connectivity index is 0.000000135. The molecule has 0 bridgehead atoms. The molecule has 0 atom stereocenters. The van der Waals surface area contributed by atoms with Crippen LogP contribution in [0.4, 0.5) is 22.0 Å². The summed E-state index contributed by atoms with van der Waals surface area (Å²) in [6, 6.07) is 45.4. The van der Waals surface area contributed by atoms with Crippen LogP contribution < -0.4 is 0 Å². The van der Waals surface area contributed by atoms with Gasteiger partial charge in [-0.1, -0.05) is 123 Å². The normalized spacial score (nSPS) is 13.7. The lowest BCUT2D eigenvalue weighted by molar-refractivity contribution is 0.0710. The van der Waals surface area contributed by atoms with E-state index in [9.17, 15) is 45.9 Å². The van der Waals surface area contributed by atoms with Gasteiger partial charge in [0, 0.05) is 117 Å². The van der Waals surface area contributed by atoms with Crippen LogP contribution in [0.15, 0.2) is 207 Å². The number of benzene rings is 5. The highest BCUT2D eigenvalue weighted by Gasteiger charge is 2.34. The Hall–Kier alpha value is -13.8. The summed E-state index contributed by atoms with van der Waals surface area (Å²) in [5.41, 5.74) is 11.4. The zero-order chi connectivity index (χ0) is 102. The van der Waals surface area contributed by atoms with Gasteiger partial charge in [-0.05, 0) is 272 Å². The van der Waals surface area contributed by atoms with Gasteiger partial charge >= 0.3 is 0 Å². The van der Waals surface area contributed by atoms with Gasteiger partial charge < -0.3 is 47.3 Å². The number of aryl methyl sites for hydroxylation is 3. The summed E-state index contributed by atoms with van der Waals surface area (Å²) in [5, 5.41) is 0.634. The topological polar surface area (TPSA) is 255 Å². The van der Waals surface area contributed by atoms with Crippen molar-refractivity contribution in [2.24, 2.45) is 29.6 Å². The molecule has 4 aliphatic rings. The Morgan fingerprint density at radius 3 is 1.17 bits per heavy atom. The molecular weight excluding hydrogens is 1850 g/mol. The van der Waals surface area contributed by atoms with E-state index in [1.807, 2.05) is 119 Å². The highest BCUT2D eigenvalue weighted by atomic mass is 35.5. The van der Waals surface area contributed by atoms with Crippen molar-refractivity contribution in [2.45, 2.75) is 236 Å². The lowest BCUT2D eigenvalue weighted by Crippen LogP contribution is -2.35.